The molecule has 1 aromatic carbocycles. The van der Waals surface area contributed by atoms with E-state index in [1.165, 1.54) is 0 Å². The summed E-state index contributed by atoms with van der Waals surface area (Å²) < 4.78 is 16.3. The van der Waals surface area contributed by atoms with Gasteiger partial charge in [-0.05, 0) is 43.5 Å². The van der Waals surface area contributed by atoms with Gasteiger partial charge >= 0.3 is 0 Å². The summed E-state index contributed by atoms with van der Waals surface area (Å²) in [4.78, 5) is 14.3. The molecule has 1 N–H and O–H groups in total. The maximum Gasteiger partial charge on any atom is 0.257 e. The van der Waals surface area contributed by atoms with Crippen LogP contribution in [-0.2, 0) is 16.0 Å². The number of carbonyl (C=O) groups excluding carboxylic acids is 1. The van der Waals surface area contributed by atoms with Gasteiger partial charge in [0.15, 0.2) is 18.1 Å². The van der Waals surface area contributed by atoms with E-state index in [-0.39, 0.29) is 12.5 Å². The van der Waals surface area contributed by atoms with Crippen LogP contribution in [-0.4, -0.2) is 63.9 Å². The van der Waals surface area contributed by atoms with Gasteiger partial charge in [0.25, 0.3) is 5.91 Å². The lowest BCUT2D eigenvalue weighted by atomic mass is 10.1. The molecular weight excluding hydrogens is 332 g/mol. The molecule has 0 aliphatic carbocycles. The highest BCUT2D eigenvalue weighted by atomic mass is 16.5. The van der Waals surface area contributed by atoms with Crippen molar-refractivity contribution in [3.8, 4) is 11.5 Å². The molecule has 0 saturated carbocycles. The van der Waals surface area contributed by atoms with E-state index >= 15 is 0 Å². The summed E-state index contributed by atoms with van der Waals surface area (Å²) in [7, 11) is 1.59. The van der Waals surface area contributed by atoms with E-state index in [0.29, 0.717) is 18.0 Å². The number of unbranched alkanes of at least 4 members (excludes halogenated alkanes) is 1. The summed E-state index contributed by atoms with van der Waals surface area (Å²) in [5, 5.41) is 2.90. The molecule has 2 rings (SSSR count). The van der Waals surface area contributed by atoms with Crippen LogP contribution in [0.2, 0.25) is 0 Å². The van der Waals surface area contributed by atoms with Crippen molar-refractivity contribution < 1.29 is 19.0 Å². The molecule has 0 bridgehead atoms. The first-order chi connectivity index (χ1) is 12.7. The minimum Gasteiger partial charge on any atom is -0.493 e. The van der Waals surface area contributed by atoms with Crippen LogP contribution in [0.4, 0.5) is 0 Å². The molecule has 144 valence electrons. The average molecular weight is 362 g/mol. The Morgan fingerprint density at radius 2 is 2.12 bits per heavy atom. The summed E-state index contributed by atoms with van der Waals surface area (Å²) in [6.45, 7) is 9.11. The molecule has 1 aliphatic heterocycles. The molecule has 0 radical (unpaired) electrons. The van der Waals surface area contributed by atoms with E-state index in [1.54, 1.807) is 7.11 Å². The largest absolute Gasteiger partial charge is 0.493 e. The number of ether oxygens (including phenoxy) is 3. The van der Waals surface area contributed by atoms with Crippen LogP contribution in [0.5, 0.6) is 11.5 Å². The molecule has 6 heteroatoms. The Morgan fingerprint density at radius 1 is 1.31 bits per heavy atom. The lowest BCUT2D eigenvalue weighted by Crippen LogP contribution is -2.37. The van der Waals surface area contributed by atoms with E-state index in [0.717, 1.165) is 57.7 Å². The third-order valence-electron chi connectivity index (χ3n) is 4.29. The Kier molecular flexibility index (Phi) is 9.00. The third kappa shape index (κ3) is 7.06. The van der Waals surface area contributed by atoms with Crippen molar-refractivity contribution in [3.05, 3.63) is 36.4 Å². The first kappa shape index (κ1) is 20.3. The van der Waals surface area contributed by atoms with Crippen LogP contribution < -0.4 is 14.8 Å². The minimum atomic E-state index is -0.117. The summed E-state index contributed by atoms with van der Waals surface area (Å²) in [5.74, 6) is 1.08. The van der Waals surface area contributed by atoms with Gasteiger partial charge in [0, 0.05) is 19.6 Å². The van der Waals surface area contributed by atoms with Gasteiger partial charge in [-0.1, -0.05) is 12.1 Å². The lowest BCUT2D eigenvalue weighted by Gasteiger charge is -2.26. The average Bonchev–Trinajstić information content (AvgIpc) is 2.67. The van der Waals surface area contributed by atoms with Gasteiger partial charge in [-0.3, -0.25) is 9.69 Å². The van der Waals surface area contributed by atoms with Crippen molar-refractivity contribution in [2.24, 2.45) is 0 Å². The molecule has 1 aliphatic rings. The van der Waals surface area contributed by atoms with Gasteiger partial charge in [-0.25, -0.2) is 0 Å². The number of benzene rings is 1. The lowest BCUT2D eigenvalue weighted by molar-refractivity contribution is -0.123. The van der Waals surface area contributed by atoms with Crippen molar-refractivity contribution >= 4 is 5.91 Å². The van der Waals surface area contributed by atoms with Crippen molar-refractivity contribution in [2.45, 2.75) is 19.3 Å². The normalized spacial score (nSPS) is 14.7. The van der Waals surface area contributed by atoms with Gasteiger partial charge in [0.05, 0.1) is 20.3 Å². The van der Waals surface area contributed by atoms with Crippen molar-refractivity contribution in [3.63, 3.8) is 0 Å². The summed E-state index contributed by atoms with van der Waals surface area (Å²) in [6, 6.07) is 5.68. The first-order valence-electron chi connectivity index (χ1n) is 9.20. The minimum absolute atomic E-state index is 0.0133. The topological polar surface area (TPSA) is 60.0 Å². The Hall–Kier alpha value is -2.05. The zero-order valence-electron chi connectivity index (χ0n) is 15.7. The number of nitrogens with zero attached hydrogens (tertiary/aromatic N) is 1. The molecule has 1 aromatic rings. The zero-order valence-corrected chi connectivity index (χ0v) is 15.7. The third-order valence-corrected chi connectivity index (χ3v) is 4.29. The Morgan fingerprint density at radius 3 is 2.85 bits per heavy atom. The Labute approximate surface area is 156 Å². The van der Waals surface area contributed by atoms with E-state index in [1.807, 2.05) is 24.3 Å². The van der Waals surface area contributed by atoms with E-state index < -0.39 is 0 Å². The predicted octanol–water partition coefficient (Wildman–Crippen LogP) is 2.03. The number of methoxy groups -OCH3 is 1. The van der Waals surface area contributed by atoms with Gasteiger partial charge in [0.2, 0.25) is 0 Å². The second-order valence-electron chi connectivity index (χ2n) is 6.28. The maximum absolute atomic E-state index is 11.9. The Balaban J connectivity index is 1.62. The van der Waals surface area contributed by atoms with Crippen LogP contribution in [0, 0.1) is 0 Å². The molecule has 0 aromatic heterocycles. The van der Waals surface area contributed by atoms with Gasteiger partial charge in [-0.2, -0.15) is 0 Å². The highest BCUT2D eigenvalue weighted by Crippen LogP contribution is 2.28. The number of hydrogen-bond acceptors (Lipinski definition) is 5. The molecule has 0 spiro atoms. The van der Waals surface area contributed by atoms with Crippen molar-refractivity contribution in [1.29, 1.82) is 0 Å². The van der Waals surface area contributed by atoms with Gasteiger partial charge in [-0.15, -0.1) is 6.58 Å². The highest BCUT2D eigenvalue weighted by molar-refractivity contribution is 5.77. The predicted molar refractivity (Wildman–Crippen MR) is 102 cm³/mol. The van der Waals surface area contributed by atoms with Crippen LogP contribution in [0.3, 0.4) is 0 Å². The number of nitrogens with one attached hydrogen (secondary N) is 1. The van der Waals surface area contributed by atoms with Crippen molar-refractivity contribution in [1.82, 2.24) is 10.2 Å². The second-order valence-corrected chi connectivity index (χ2v) is 6.28. The monoisotopic (exact) mass is 362 g/mol. The molecule has 26 heavy (non-hydrogen) atoms. The van der Waals surface area contributed by atoms with Crippen LogP contribution in [0.1, 0.15) is 18.4 Å². The molecule has 1 saturated heterocycles. The van der Waals surface area contributed by atoms with E-state index in [2.05, 4.69) is 16.8 Å². The Bertz CT molecular complexity index is 571. The van der Waals surface area contributed by atoms with Crippen LogP contribution in [0.15, 0.2) is 30.9 Å². The summed E-state index contributed by atoms with van der Waals surface area (Å²) in [6.07, 6.45) is 4.63. The van der Waals surface area contributed by atoms with Crippen molar-refractivity contribution in [2.75, 3.05) is 53.1 Å². The quantitative estimate of drug-likeness (QED) is 0.482. The molecule has 6 nitrogen and oxygen atoms in total. The standard InChI is InChI=1S/C20H30N2O4/c1-3-6-17-7-8-18(19(15-17)24-2)26-16-20(23)21-9-4-5-10-22-11-13-25-14-12-22/h3,7-8,15H,1,4-6,9-14,16H2,2H3,(H,21,23). The van der Waals surface area contributed by atoms with Gasteiger partial charge in [0.1, 0.15) is 0 Å². The highest BCUT2D eigenvalue weighted by Gasteiger charge is 2.10. The fourth-order valence-corrected chi connectivity index (χ4v) is 2.83. The first-order valence-corrected chi connectivity index (χ1v) is 9.20. The number of morpholine rings is 1. The molecule has 1 fully saturated rings. The van der Waals surface area contributed by atoms with E-state index in [4.69, 9.17) is 14.2 Å². The molecular formula is C20H30N2O4. The van der Waals surface area contributed by atoms with Crippen LogP contribution in [0.25, 0.3) is 0 Å². The second kappa shape index (κ2) is 11.5. The smallest absolute Gasteiger partial charge is 0.257 e. The fourth-order valence-electron chi connectivity index (χ4n) is 2.83. The zero-order chi connectivity index (χ0) is 18.6. The summed E-state index contributed by atoms with van der Waals surface area (Å²) >= 11 is 0. The van der Waals surface area contributed by atoms with E-state index in [9.17, 15) is 4.79 Å². The van der Waals surface area contributed by atoms with Crippen LogP contribution >= 0.6 is 0 Å². The van der Waals surface area contributed by atoms with Gasteiger partial charge < -0.3 is 19.5 Å². The fraction of sp³-hybridized carbons (Fsp3) is 0.550. The SMILES string of the molecule is C=CCc1ccc(OCC(=O)NCCCCN2CCOCC2)c(OC)c1. The molecule has 1 heterocycles. The molecule has 1 amide bonds. The number of rotatable bonds is 11. The molecule has 0 atom stereocenters. The number of carbonyl (C=O) groups is 1. The summed E-state index contributed by atoms with van der Waals surface area (Å²) in [5.41, 5.74) is 1.09. The number of hydrogen-bond donors (Lipinski definition) is 1. The number of allylic oxidation sites excluding steroid dienone is 1. The number of amides is 1. The molecule has 0 unspecified atom stereocenters. The maximum atomic E-state index is 11.9.